The van der Waals surface area contributed by atoms with Crippen LogP contribution in [0.2, 0.25) is 0 Å². The number of imide groups is 1. The van der Waals surface area contributed by atoms with Crippen LogP contribution in [0.25, 0.3) is 27.8 Å². The van der Waals surface area contributed by atoms with Gasteiger partial charge in [-0.1, -0.05) is 30.3 Å². The Morgan fingerprint density at radius 1 is 0.952 bits per heavy atom. The highest BCUT2D eigenvalue weighted by atomic mass is 16.5. The van der Waals surface area contributed by atoms with Crippen LogP contribution in [0.3, 0.4) is 0 Å². The molecule has 63 heavy (non-hydrogen) atoms. The Kier molecular flexibility index (Phi) is 9.84. The van der Waals surface area contributed by atoms with Crippen molar-refractivity contribution < 1.29 is 19.2 Å². The molecule has 16 nitrogen and oxygen atoms in total. The van der Waals surface area contributed by atoms with Crippen LogP contribution >= 0.6 is 0 Å². The molecule has 1 saturated heterocycles. The van der Waals surface area contributed by atoms with Gasteiger partial charge in [-0.05, 0) is 98.6 Å². The van der Waals surface area contributed by atoms with Gasteiger partial charge in [-0.3, -0.25) is 34.5 Å². The molecule has 16 heteroatoms. The number of nitrogens with zero attached hydrogens (tertiary/aromatic N) is 9. The Morgan fingerprint density at radius 3 is 2.63 bits per heavy atom. The van der Waals surface area contributed by atoms with Crippen molar-refractivity contribution in [3.63, 3.8) is 0 Å². The molecule has 324 valence electrons. The fraction of sp³-hybridized carbons (Fsp3) is 0.447. The van der Waals surface area contributed by atoms with Crippen molar-refractivity contribution >= 4 is 45.5 Å². The Morgan fingerprint density at radius 2 is 1.81 bits per heavy atom. The highest BCUT2D eigenvalue weighted by Crippen LogP contribution is 2.41. The minimum atomic E-state index is -0.997. The number of pyridine rings is 2. The molecule has 5 aliphatic rings. The topological polar surface area (TPSA) is 189 Å². The molecule has 6 aromatic rings. The van der Waals surface area contributed by atoms with Crippen molar-refractivity contribution in [2.24, 2.45) is 5.92 Å². The number of hydrogen-bond acceptors (Lipinski definition) is 13. The average Bonchev–Trinajstić information content (AvgIpc) is 4.07. The molecule has 11 rings (SSSR count). The summed E-state index contributed by atoms with van der Waals surface area (Å²) >= 11 is 0. The summed E-state index contributed by atoms with van der Waals surface area (Å²) < 4.78 is 9.15. The van der Waals surface area contributed by atoms with E-state index in [0.29, 0.717) is 71.8 Å². The van der Waals surface area contributed by atoms with E-state index in [2.05, 4.69) is 49.3 Å². The van der Waals surface area contributed by atoms with Gasteiger partial charge in [-0.15, -0.1) is 6.58 Å². The fourth-order valence-electron chi connectivity index (χ4n) is 10.9. The summed E-state index contributed by atoms with van der Waals surface area (Å²) in [7, 11) is 0. The van der Waals surface area contributed by atoms with Crippen LogP contribution in [0, 0.1) is 5.92 Å². The fourth-order valence-corrected chi connectivity index (χ4v) is 10.9. The number of carbonyl (C=O) groups excluding carboxylic acids is 2. The van der Waals surface area contributed by atoms with E-state index in [-0.39, 0.29) is 23.9 Å². The minimum Gasteiger partial charge on any atom is -0.384 e. The first-order chi connectivity index (χ1) is 30.7. The Hall–Kier alpha value is -6.10. The molecule has 1 saturated carbocycles. The lowest BCUT2D eigenvalue weighted by Crippen LogP contribution is -2.39. The van der Waals surface area contributed by atoms with Crippen molar-refractivity contribution in [2.75, 3.05) is 18.4 Å². The number of aromatic nitrogens is 7. The van der Waals surface area contributed by atoms with Gasteiger partial charge in [0.1, 0.15) is 16.7 Å². The molecule has 3 N–H and O–H groups in total. The zero-order chi connectivity index (χ0) is 43.0. The number of anilines is 2. The number of carbonyl (C=O) groups is 2. The lowest BCUT2D eigenvalue weighted by atomic mass is 9.84. The van der Waals surface area contributed by atoms with Crippen molar-refractivity contribution in [1.82, 2.24) is 49.6 Å². The number of aliphatic hydroxyl groups is 1. The summed E-state index contributed by atoms with van der Waals surface area (Å²) in [6.45, 7) is 10.6. The summed E-state index contributed by atoms with van der Waals surface area (Å²) in [5, 5.41) is 22.7. The molecule has 0 radical (unpaired) electrons. The molecule has 5 aromatic heterocycles. The second-order valence-corrected chi connectivity index (χ2v) is 18.2. The zero-order valence-corrected chi connectivity index (χ0v) is 35.5. The zero-order valence-electron chi connectivity index (χ0n) is 35.5. The molecule has 2 atom stereocenters. The largest absolute Gasteiger partial charge is 0.384 e. The molecule has 1 unspecified atom stereocenters. The summed E-state index contributed by atoms with van der Waals surface area (Å²) in [4.78, 5) is 62.2. The summed E-state index contributed by atoms with van der Waals surface area (Å²) in [6.07, 6.45) is 13.3. The van der Waals surface area contributed by atoms with Gasteiger partial charge in [-0.25, -0.2) is 19.3 Å². The monoisotopic (exact) mass is 849 g/mol. The van der Waals surface area contributed by atoms with E-state index in [1.165, 1.54) is 29.5 Å². The second-order valence-electron chi connectivity index (χ2n) is 18.2. The van der Waals surface area contributed by atoms with Crippen LogP contribution in [0.5, 0.6) is 0 Å². The van der Waals surface area contributed by atoms with Crippen LogP contribution in [0.1, 0.15) is 104 Å². The van der Waals surface area contributed by atoms with Gasteiger partial charge in [0.2, 0.25) is 17.8 Å². The molecular weight excluding hydrogens is 799 g/mol. The third-order valence-corrected chi connectivity index (χ3v) is 14.4. The highest BCUT2D eigenvalue weighted by Gasteiger charge is 2.38. The first-order valence-corrected chi connectivity index (χ1v) is 22.4. The number of aryl methyl sites for hydroxylation is 1. The maximum Gasteiger partial charge on any atom is 0.278 e. The molecule has 8 heterocycles. The standard InChI is InChI=1S/C47H51N11O5/c1-3-18-57-45(61)35-22-49-46(53-43(35)58(57)38-13-8-28-15-17-47(62,4-2)42(28)51-38)50-31-20-29-16-19-55(26-37(29)48-21-31)23-27-5-9-32(10-6-27)56-24-30-7-11-33-40(54-63-41(33)36(30)25-56)34-12-14-39(59)52-44(34)60/h3,7-8,11,13,20-22,27,32,34,62H,1,4-6,9-10,12,14-19,23-26H2,2H3,(H,49,50,53)(H,52,59,60)/t27-,32-,34?,47-/m1/s1. The van der Waals surface area contributed by atoms with Crippen molar-refractivity contribution in [1.29, 1.82) is 0 Å². The van der Waals surface area contributed by atoms with Gasteiger partial charge in [0.25, 0.3) is 5.56 Å². The number of nitrogens with one attached hydrogen (secondary N) is 2. The van der Waals surface area contributed by atoms with Gasteiger partial charge in [-0.2, -0.15) is 4.98 Å². The molecule has 2 fully saturated rings. The number of piperidine rings is 1. The molecule has 2 aliphatic carbocycles. The number of allylic oxidation sites excluding steroid dienone is 1. The number of amides is 2. The predicted molar refractivity (Wildman–Crippen MR) is 234 cm³/mol. The molecule has 2 amide bonds. The van der Waals surface area contributed by atoms with E-state index in [1.807, 2.05) is 31.3 Å². The van der Waals surface area contributed by atoms with Gasteiger partial charge in [0.15, 0.2) is 17.0 Å². The lowest BCUT2D eigenvalue weighted by Gasteiger charge is -2.37. The van der Waals surface area contributed by atoms with E-state index in [4.69, 9.17) is 19.5 Å². The maximum absolute atomic E-state index is 13.6. The Balaban J connectivity index is 0.725. The van der Waals surface area contributed by atoms with Crippen LogP contribution in [0.4, 0.5) is 11.6 Å². The van der Waals surface area contributed by atoms with E-state index in [0.717, 1.165) is 86.3 Å². The first kappa shape index (κ1) is 39.7. The third kappa shape index (κ3) is 6.95. The van der Waals surface area contributed by atoms with Crippen molar-refractivity contribution in [3.05, 3.63) is 105 Å². The average molecular weight is 850 g/mol. The number of rotatable bonds is 10. The quantitative estimate of drug-likeness (QED) is 0.117. The van der Waals surface area contributed by atoms with Crippen LogP contribution in [0.15, 0.2) is 64.7 Å². The number of fused-ring (bicyclic) bond motifs is 6. The summed E-state index contributed by atoms with van der Waals surface area (Å²) in [5.41, 5.74) is 7.79. The SMILES string of the molecule is C=CCn1c(=O)c2cnc(Nc3cnc4c(c3)CCN(C[C@H]3CC[C@H](N5Cc6ccc7c(C8CCC(=O)NC8=O)noc7c6C5)CC3)C4)nc2n1-c1ccc2c(n1)[C@@](O)(CC)CC2. The Bertz CT molecular complexity index is 2890. The summed E-state index contributed by atoms with van der Waals surface area (Å²) in [6, 6.07) is 10.7. The van der Waals surface area contributed by atoms with Crippen LogP contribution in [-0.4, -0.2) is 80.3 Å². The van der Waals surface area contributed by atoms with Gasteiger partial charge >= 0.3 is 0 Å². The van der Waals surface area contributed by atoms with E-state index < -0.39 is 11.5 Å². The molecule has 1 aromatic carbocycles. The highest BCUT2D eigenvalue weighted by molar-refractivity contribution is 6.02. The van der Waals surface area contributed by atoms with Gasteiger partial charge in [0.05, 0.1) is 35.7 Å². The smallest absolute Gasteiger partial charge is 0.278 e. The van der Waals surface area contributed by atoms with Crippen LogP contribution < -0.4 is 16.2 Å². The second kappa shape index (κ2) is 15.6. The summed E-state index contributed by atoms with van der Waals surface area (Å²) in [5.74, 6) is 0.499. The van der Waals surface area contributed by atoms with E-state index in [9.17, 15) is 19.5 Å². The maximum atomic E-state index is 13.6. The number of benzene rings is 1. The Labute approximate surface area is 363 Å². The van der Waals surface area contributed by atoms with Gasteiger partial charge in [0, 0.05) is 62.3 Å². The van der Waals surface area contributed by atoms with Gasteiger partial charge < -0.3 is 14.9 Å². The van der Waals surface area contributed by atoms with E-state index in [1.54, 1.807) is 21.6 Å². The predicted octanol–water partition coefficient (Wildman–Crippen LogP) is 5.44. The minimum absolute atomic E-state index is 0.232. The first-order valence-electron chi connectivity index (χ1n) is 22.4. The van der Waals surface area contributed by atoms with Crippen molar-refractivity contribution in [2.45, 2.75) is 115 Å². The normalized spacial score (nSPS) is 23.8. The number of hydrogen-bond donors (Lipinski definition) is 3. The van der Waals surface area contributed by atoms with E-state index >= 15 is 0 Å². The molecule has 3 aliphatic heterocycles. The molecule has 0 bridgehead atoms. The third-order valence-electron chi connectivity index (χ3n) is 14.4. The molecule has 0 spiro atoms. The lowest BCUT2D eigenvalue weighted by molar-refractivity contribution is -0.134. The van der Waals surface area contributed by atoms with Crippen LogP contribution in [-0.2, 0) is 54.2 Å². The van der Waals surface area contributed by atoms with Crippen molar-refractivity contribution in [3.8, 4) is 5.82 Å². The molecular formula is C47H51N11O5.